The molecule has 6 heteroatoms. The lowest BCUT2D eigenvalue weighted by atomic mass is 10.2. The first kappa shape index (κ1) is 13.1. The van der Waals surface area contributed by atoms with E-state index in [1.165, 1.54) is 0 Å². The Hall–Kier alpha value is -1.95. The lowest BCUT2D eigenvalue weighted by molar-refractivity contribution is 0.0951. The first-order valence-electron chi connectivity index (χ1n) is 6.69. The molecule has 1 atom stereocenters. The van der Waals surface area contributed by atoms with E-state index in [0.717, 1.165) is 24.5 Å². The molecule has 0 radical (unpaired) electrons. The maximum absolute atomic E-state index is 12.0. The molecule has 1 aliphatic rings. The number of hydrogen-bond donors (Lipinski definition) is 1. The normalized spacial score (nSPS) is 18.2. The highest BCUT2D eigenvalue weighted by molar-refractivity contribution is 7.13. The number of nitrogens with one attached hydrogen (secondary N) is 1. The van der Waals surface area contributed by atoms with Crippen molar-refractivity contribution in [2.24, 2.45) is 0 Å². The molecule has 20 heavy (non-hydrogen) atoms. The minimum atomic E-state index is -0.0657. The molecule has 3 heterocycles. The molecule has 3 rings (SSSR count). The van der Waals surface area contributed by atoms with Gasteiger partial charge in [0.05, 0.1) is 5.56 Å². The number of nitrogens with zero attached hydrogens (tertiary/aromatic N) is 3. The minimum absolute atomic E-state index is 0.0657. The van der Waals surface area contributed by atoms with Gasteiger partial charge in [-0.3, -0.25) is 9.78 Å². The summed E-state index contributed by atoms with van der Waals surface area (Å²) in [6, 6.07) is 3.88. The maximum Gasteiger partial charge on any atom is 0.252 e. The third-order valence-corrected chi connectivity index (χ3v) is 4.27. The van der Waals surface area contributed by atoms with E-state index >= 15 is 0 Å². The molecule has 1 fully saturated rings. The van der Waals surface area contributed by atoms with E-state index in [1.54, 1.807) is 35.9 Å². The molecule has 0 unspecified atom stereocenters. The summed E-state index contributed by atoms with van der Waals surface area (Å²) in [4.78, 5) is 22.6. The lowest BCUT2D eigenvalue weighted by Crippen LogP contribution is -2.40. The number of rotatable bonds is 4. The van der Waals surface area contributed by atoms with Gasteiger partial charge in [-0.15, -0.1) is 11.3 Å². The van der Waals surface area contributed by atoms with Crippen molar-refractivity contribution in [3.05, 3.63) is 41.7 Å². The number of hydrogen-bond acceptors (Lipinski definition) is 5. The zero-order chi connectivity index (χ0) is 13.8. The highest BCUT2D eigenvalue weighted by atomic mass is 32.1. The molecule has 0 saturated carbocycles. The van der Waals surface area contributed by atoms with Crippen molar-refractivity contribution in [3.8, 4) is 0 Å². The van der Waals surface area contributed by atoms with Crippen LogP contribution in [0.3, 0.4) is 0 Å². The van der Waals surface area contributed by atoms with Gasteiger partial charge in [-0.1, -0.05) is 0 Å². The van der Waals surface area contributed by atoms with Crippen LogP contribution < -0.4 is 10.2 Å². The fourth-order valence-corrected chi connectivity index (χ4v) is 3.21. The summed E-state index contributed by atoms with van der Waals surface area (Å²) in [6.07, 6.45) is 7.31. The molecule has 104 valence electrons. The summed E-state index contributed by atoms with van der Waals surface area (Å²) in [7, 11) is 0. The van der Waals surface area contributed by atoms with Crippen LogP contribution >= 0.6 is 11.3 Å². The first-order chi connectivity index (χ1) is 9.84. The van der Waals surface area contributed by atoms with Gasteiger partial charge in [0, 0.05) is 43.1 Å². The molecule has 0 bridgehead atoms. The van der Waals surface area contributed by atoms with Gasteiger partial charge in [0.15, 0.2) is 5.13 Å². The Morgan fingerprint density at radius 2 is 2.45 bits per heavy atom. The predicted octanol–water partition coefficient (Wildman–Crippen LogP) is 1.94. The third kappa shape index (κ3) is 2.80. The Labute approximate surface area is 121 Å². The Morgan fingerprint density at radius 3 is 3.20 bits per heavy atom. The average molecular weight is 288 g/mol. The lowest BCUT2D eigenvalue weighted by Gasteiger charge is -2.24. The van der Waals surface area contributed by atoms with Crippen LogP contribution in [0.5, 0.6) is 0 Å². The van der Waals surface area contributed by atoms with Crippen LogP contribution in [0.25, 0.3) is 0 Å². The zero-order valence-electron chi connectivity index (χ0n) is 11.0. The van der Waals surface area contributed by atoms with Crippen molar-refractivity contribution < 1.29 is 4.79 Å². The van der Waals surface area contributed by atoms with Gasteiger partial charge in [-0.2, -0.15) is 0 Å². The molecular formula is C14H16N4OS. The van der Waals surface area contributed by atoms with Crippen molar-refractivity contribution in [1.29, 1.82) is 0 Å². The molecule has 0 aromatic carbocycles. The van der Waals surface area contributed by atoms with Crippen molar-refractivity contribution in [1.82, 2.24) is 15.3 Å². The van der Waals surface area contributed by atoms with E-state index in [9.17, 15) is 4.79 Å². The van der Waals surface area contributed by atoms with Crippen molar-refractivity contribution in [2.75, 3.05) is 18.0 Å². The largest absolute Gasteiger partial charge is 0.350 e. The second-order valence-electron chi connectivity index (χ2n) is 4.76. The van der Waals surface area contributed by atoms with Crippen LogP contribution in [0.1, 0.15) is 23.2 Å². The molecule has 1 N–H and O–H groups in total. The maximum atomic E-state index is 12.0. The number of carbonyl (C=O) groups excluding carboxylic acids is 1. The highest BCUT2D eigenvalue weighted by Crippen LogP contribution is 2.26. The summed E-state index contributed by atoms with van der Waals surface area (Å²) in [5.74, 6) is -0.0657. The van der Waals surface area contributed by atoms with Gasteiger partial charge in [0.25, 0.3) is 5.91 Å². The summed E-state index contributed by atoms with van der Waals surface area (Å²) in [6.45, 7) is 1.66. The van der Waals surface area contributed by atoms with E-state index in [1.807, 2.05) is 11.6 Å². The van der Waals surface area contributed by atoms with Gasteiger partial charge in [-0.25, -0.2) is 4.98 Å². The van der Waals surface area contributed by atoms with E-state index in [4.69, 9.17) is 0 Å². The van der Waals surface area contributed by atoms with Crippen LogP contribution in [0.4, 0.5) is 5.13 Å². The van der Waals surface area contributed by atoms with Crippen molar-refractivity contribution in [3.63, 3.8) is 0 Å². The fourth-order valence-electron chi connectivity index (χ4n) is 2.47. The number of anilines is 1. The zero-order valence-corrected chi connectivity index (χ0v) is 11.8. The van der Waals surface area contributed by atoms with Crippen LogP contribution in [-0.4, -0.2) is 35.0 Å². The third-order valence-electron chi connectivity index (χ3n) is 3.46. The fraction of sp³-hybridized carbons (Fsp3) is 0.357. The van der Waals surface area contributed by atoms with Gasteiger partial charge >= 0.3 is 0 Å². The smallest absolute Gasteiger partial charge is 0.252 e. The number of amides is 1. The Balaban J connectivity index is 1.59. The second kappa shape index (κ2) is 6.00. The SMILES string of the molecule is O=C(NC[C@@H]1CCCN1c1nccs1)c1cccnc1. The molecule has 0 spiro atoms. The topological polar surface area (TPSA) is 58.1 Å². The van der Waals surface area contributed by atoms with Gasteiger partial charge in [0.2, 0.25) is 0 Å². The highest BCUT2D eigenvalue weighted by Gasteiger charge is 2.26. The van der Waals surface area contributed by atoms with Crippen molar-refractivity contribution >= 4 is 22.4 Å². The molecule has 1 amide bonds. The summed E-state index contributed by atoms with van der Waals surface area (Å²) in [5.41, 5.74) is 0.603. The van der Waals surface area contributed by atoms with Crippen molar-refractivity contribution in [2.45, 2.75) is 18.9 Å². The number of carbonyl (C=O) groups is 1. The number of aromatic nitrogens is 2. The van der Waals surface area contributed by atoms with E-state index < -0.39 is 0 Å². The summed E-state index contributed by atoms with van der Waals surface area (Å²) < 4.78 is 0. The minimum Gasteiger partial charge on any atom is -0.350 e. The van der Waals surface area contributed by atoms with E-state index in [2.05, 4.69) is 20.2 Å². The van der Waals surface area contributed by atoms with Gasteiger partial charge in [-0.05, 0) is 25.0 Å². The molecular weight excluding hydrogens is 272 g/mol. The van der Waals surface area contributed by atoms with Gasteiger partial charge in [0.1, 0.15) is 0 Å². The van der Waals surface area contributed by atoms with E-state index in [-0.39, 0.29) is 5.91 Å². The summed E-state index contributed by atoms with van der Waals surface area (Å²) >= 11 is 1.65. The molecule has 0 aliphatic carbocycles. The van der Waals surface area contributed by atoms with Crippen LogP contribution in [0.2, 0.25) is 0 Å². The Kier molecular flexibility index (Phi) is 3.92. The molecule has 1 aliphatic heterocycles. The molecule has 5 nitrogen and oxygen atoms in total. The monoisotopic (exact) mass is 288 g/mol. The van der Waals surface area contributed by atoms with Gasteiger partial charge < -0.3 is 10.2 Å². The predicted molar refractivity (Wildman–Crippen MR) is 79.1 cm³/mol. The second-order valence-corrected chi connectivity index (χ2v) is 5.63. The average Bonchev–Trinajstić information content (AvgIpc) is 3.16. The number of thiazole rings is 1. The molecule has 1 saturated heterocycles. The number of pyridine rings is 1. The quantitative estimate of drug-likeness (QED) is 0.934. The van der Waals surface area contributed by atoms with Crippen LogP contribution in [-0.2, 0) is 0 Å². The molecule has 2 aromatic rings. The first-order valence-corrected chi connectivity index (χ1v) is 7.57. The molecule has 2 aromatic heterocycles. The summed E-state index contributed by atoms with van der Waals surface area (Å²) in [5, 5.41) is 6.02. The van der Waals surface area contributed by atoms with E-state index in [0.29, 0.717) is 18.2 Å². The standard InChI is InChI=1S/C14H16N4OS/c19-13(11-3-1-5-15-9-11)17-10-12-4-2-7-18(12)14-16-6-8-20-14/h1,3,5-6,8-9,12H,2,4,7,10H2,(H,17,19)/t12-/m0/s1. The Bertz CT molecular complexity index is 558. The van der Waals surface area contributed by atoms with Crippen LogP contribution in [0.15, 0.2) is 36.1 Å². The van der Waals surface area contributed by atoms with Crippen LogP contribution in [0, 0.1) is 0 Å². The Morgan fingerprint density at radius 1 is 1.50 bits per heavy atom.